The number of hydrogen-bond donors (Lipinski definition) is 1. The van der Waals surface area contributed by atoms with Crippen molar-refractivity contribution in [2.24, 2.45) is 5.73 Å². The lowest BCUT2D eigenvalue weighted by Gasteiger charge is -1.99. The summed E-state index contributed by atoms with van der Waals surface area (Å²) < 4.78 is 0. The van der Waals surface area contributed by atoms with Gasteiger partial charge in [0.1, 0.15) is 0 Å². The lowest BCUT2D eigenvalue weighted by Crippen LogP contribution is -2.05. The second-order valence-electron chi connectivity index (χ2n) is 2.77. The van der Waals surface area contributed by atoms with E-state index < -0.39 is 5.91 Å². The molecule has 0 spiro atoms. The Bertz CT molecular complexity index is 402. The molecule has 1 aromatic rings. The zero-order valence-electron chi connectivity index (χ0n) is 7.60. The second kappa shape index (κ2) is 4.83. The van der Waals surface area contributed by atoms with Crippen molar-refractivity contribution in [3.05, 3.63) is 41.5 Å². The molecule has 0 saturated carbocycles. The first-order valence-electron chi connectivity index (χ1n) is 4.16. The van der Waals surface area contributed by atoms with Crippen molar-refractivity contribution >= 4 is 12.0 Å². The molecule has 3 heteroatoms. The van der Waals surface area contributed by atoms with E-state index in [9.17, 15) is 4.79 Å². The van der Waals surface area contributed by atoms with Gasteiger partial charge in [-0.2, -0.15) is 5.26 Å². The number of benzene rings is 1. The van der Waals surface area contributed by atoms with Crippen molar-refractivity contribution in [2.75, 3.05) is 0 Å². The van der Waals surface area contributed by atoms with Gasteiger partial charge in [0.2, 0.25) is 5.91 Å². The molecule has 70 valence electrons. The molecule has 1 rings (SSSR count). The van der Waals surface area contributed by atoms with E-state index in [2.05, 4.69) is 6.07 Å². The number of nitrogens with two attached hydrogens (primary N) is 1. The van der Waals surface area contributed by atoms with E-state index in [-0.39, 0.29) is 0 Å². The summed E-state index contributed by atoms with van der Waals surface area (Å²) in [5.74, 6) is -0.489. The maximum Gasteiger partial charge on any atom is 0.241 e. The average molecular weight is 186 g/mol. The van der Waals surface area contributed by atoms with Crippen LogP contribution in [0, 0.1) is 11.3 Å². The molecule has 0 atom stereocenters. The Balaban J connectivity index is 2.96. The van der Waals surface area contributed by atoms with E-state index in [4.69, 9.17) is 11.0 Å². The molecule has 0 radical (unpaired) electrons. The highest BCUT2D eigenvalue weighted by atomic mass is 16.1. The van der Waals surface area contributed by atoms with Gasteiger partial charge in [-0.25, -0.2) is 0 Å². The van der Waals surface area contributed by atoms with E-state index in [1.807, 2.05) is 24.3 Å². The largest absolute Gasteiger partial charge is 0.366 e. The van der Waals surface area contributed by atoms with Gasteiger partial charge in [-0.1, -0.05) is 24.3 Å². The monoisotopic (exact) mass is 186 g/mol. The molecule has 1 aromatic carbocycles. The van der Waals surface area contributed by atoms with Gasteiger partial charge in [-0.15, -0.1) is 0 Å². The van der Waals surface area contributed by atoms with Gasteiger partial charge in [0.05, 0.1) is 12.5 Å². The van der Waals surface area contributed by atoms with Gasteiger partial charge in [0, 0.05) is 6.08 Å². The molecule has 0 aliphatic heterocycles. The van der Waals surface area contributed by atoms with Crippen LogP contribution in [0.2, 0.25) is 0 Å². The number of rotatable bonds is 3. The number of amides is 1. The molecule has 2 N–H and O–H groups in total. The number of carbonyl (C=O) groups is 1. The summed E-state index contributed by atoms with van der Waals surface area (Å²) in [7, 11) is 0. The zero-order valence-corrected chi connectivity index (χ0v) is 7.60. The van der Waals surface area contributed by atoms with E-state index in [0.717, 1.165) is 11.1 Å². The van der Waals surface area contributed by atoms with Gasteiger partial charge in [0.25, 0.3) is 0 Å². The van der Waals surface area contributed by atoms with Crippen LogP contribution in [0.3, 0.4) is 0 Å². The van der Waals surface area contributed by atoms with Gasteiger partial charge in [0.15, 0.2) is 0 Å². The lowest BCUT2D eigenvalue weighted by molar-refractivity contribution is -0.113. The van der Waals surface area contributed by atoms with Gasteiger partial charge in [-0.3, -0.25) is 4.79 Å². The van der Waals surface area contributed by atoms with Crippen LogP contribution in [0.4, 0.5) is 0 Å². The van der Waals surface area contributed by atoms with E-state index in [1.165, 1.54) is 6.08 Å². The van der Waals surface area contributed by atoms with Crippen LogP contribution in [0.25, 0.3) is 6.08 Å². The Hall–Kier alpha value is -2.08. The van der Waals surface area contributed by atoms with Crippen molar-refractivity contribution in [3.63, 3.8) is 0 Å². The summed E-state index contributed by atoms with van der Waals surface area (Å²) >= 11 is 0. The van der Waals surface area contributed by atoms with Crippen LogP contribution in [-0.2, 0) is 11.2 Å². The summed E-state index contributed by atoms with van der Waals surface area (Å²) in [5, 5.41) is 8.56. The molecule has 0 aliphatic rings. The first kappa shape index (κ1) is 10.0. The summed E-state index contributed by atoms with van der Waals surface area (Å²) in [6.45, 7) is 0. The smallest absolute Gasteiger partial charge is 0.241 e. The third-order valence-electron chi connectivity index (χ3n) is 1.75. The summed E-state index contributed by atoms with van der Waals surface area (Å²) in [4.78, 5) is 10.5. The fraction of sp³-hybridized carbons (Fsp3) is 0.0909. The third kappa shape index (κ3) is 2.76. The zero-order chi connectivity index (χ0) is 10.4. The Labute approximate surface area is 82.5 Å². The van der Waals surface area contributed by atoms with Gasteiger partial charge < -0.3 is 5.73 Å². The topological polar surface area (TPSA) is 66.9 Å². The summed E-state index contributed by atoms with van der Waals surface area (Å²) in [6.07, 6.45) is 3.24. The predicted molar refractivity (Wildman–Crippen MR) is 54.0 cm³/mol. The molecular weight excluding hydrogens is 176 g/mol. The molecule has 0 bridgehead atoms. The first-order valence-corrected chi connectivity index (χ1v) is 4.16. The quantitative estimate of drug-likeness (QED) is 0.722. The minimum atomic E-state index is -0.489. The van der Waals surface area contributed by atoms with Gasteiger partial charge >= 0.3 is 0 Å². The molecule has 0 heterocycles. The Morgan fingerprint density at radius 2 is 2.21 bits per heavy atom. The molecular formula is C11H10N2O. The van der Waals surface area contributed by atoms with Crippen molar-refractivity contribution in [3.8, 4) is 6.07 Å². The Morgan fingerprint density at radius 3 is 2.86 bits per heavy atom. The maximum atomic E-state index is 10.5. The highest BCUT2D eigenvalue weighted by Crippen LogP contribution is 2.10. The fourth-order valence-electron chi connectivity index (χ4n) is 1.11. The van der Waals surface area contributed by atoms with Crippen molar-refractivity contribution in [1.29, 1.82) is 5.26 Å². The second-order valence-corrected chi connectivity index (χ2v) is 2.77. The molecule has 0 aromatic heterocycles. The fourth-order valence-corrected chi connectivity index (χ4v) is 1.11. The van der Waals surface area contributed by atoms with Crippen molar-refractivity contribution in [1.82, 2.24) is 0 Å². The van der Waals surface area contributed by atoms with Crippen LogP contribution >= 0.6 is 0 Å². The van der Waals surface area contributed by atoms with E-state index in [1.54, 1.807) is 6.08 Å². The van der Waals surface area contributed by atoms with Crippen LogP contribution in [0.5, 0.6) is 0 Å². The Morgan fingerprint density at radius 1 is 1.50 bits per heavy atom. The van der Waals surface area contributed by atoms with Crippen LogP contribution in [-0.4, -0.2) is 5.91 Å². The number of primary amides is 1. The highest BCUT2D eigenvalue weighted by Gasteiger charge is 1.97. The van der Waals surface area contributed by atoms with E-state index >= 15 is 0 Å². The number of hydrogen-bond acceptors (Lipinski definition) is 2. The van der Waals surface area contributed by atoms with Crippen molar-refractivity contribution < 1.29 is 4.79 Å². The molecule has 1 amide bonds. The molecule has 0 saturated heterocycles. The van der Waals surface area contributed by atoms with Crippen LogP contribution in [0.15, 0.2) is 30.3 Å². The van der Waals surface area contributed by atoms with E-state index in [0.29, 0.717) is 6.42 Å². The molecule has 0 unspecified atom stereocenters. The van der Waals surface area contributed by atoms with Gasteiger partial charge in [-0.05, 0) is 17.2 Å². The first-order chi connectivity index (χ1) is 6.74. The third-order valence-corrected chi connectivity index (χ3v) is 1.75. The SMILES string of the molecule is N#CCc1ccccc1C=CC(N)=O. The summed E-state index contributed by atoms with van der Waals surface area (Å²) in [6, 6.07) is 9.46. The molecule has 3 nitrogen and oxygen atoms in total. The van der Waals surface area contributed by atoms with Crippen LogP contribution in [0.1, 0.15) is 11.1 Å². The standard InChI is InChI=1S/C11H10N2O/c12-8-7-10-4-2-1-3-9(10)5-6-11(13)14/h1-6H,7H2,(H2,13,14). The number of nitrogens with zero attached hydrogens (tertiary/aromatic N) is 1. The lowest BCUT2D eigenvalue weighted by atomic mass is 10.0. The molecule has 14 heavy (non-hydrogen) atoms. The minimum absolute atomic E-state index is 0.333. The predicted octanol–water partition coefficient (Wildman–Crippen LogP) is 1.25. The average Bonchev–Trinajstić information content (AvgIpc) is 2.17. The molecule has 0 aliphatic carbocycles. The summed E-state index contributed by atoms with van der Waals surface area (Å²) in [5.41, 5.74) is 6.72. The Kier molecular flexibility index (Phi) is 3.45. The number of nitriles is 1. The number of carbonyl (C=O) groups excluding carboxylic acids is 1. The highest BCUT2D eigenvalue weighted by molar-refractivity contribution is 5.90. The van der Waals surface area contributed by atoms with Crippen LogP contribution < -0.4 is 5.73 Å². The van der Waals surface area contributed by atoms with Crippen molar-refractivity contribution in [2.45, 2.75) is 6.42 Å². The normalized spacial score (nSPS) is 9.93. The molecule has 0 fully saturated rings. The minimum Gasteiger partial charge on any atom is -0.366 e. The maximum absolute atomic E-state index is 10.5.